The van der Waals surface area contributed by atoms with Gasteiger partial charge in [-0.15, -0.1) is 0 Å². The lowest BCUT2D eigenvalue weighted by atomic mass is 10.3. The molecular weight excluding hydrogens is 246 g/mol. The van der Waals surface area contributed by atoms with E-state index in [-0.39, 0.29) is 0 Å². The molecule has 0 aliphatic carbocycles. The number of nitrogens with zero attached hydrogens (tertiary/aromatic N) is 2. The fourth-order valence-electron chi connectivity index (χ4n) is 1.63. The van der Waals surface area contributed by atoms with Gasteiger partial charge in [-0.05, 0) is 43.8 Å². The summed E-state index contributed by atoms with van der Waals surface area (Å²) in [5.74, 6) is 0.671. The van der Waals surface area contributed by atoms with Crippen molar-refractivity contribution in [2.45, 2.75) is 23.9 Å². The number of nitrogen functional groups attached to an aromatic ring is 1. The fraction of sp³-hybridized carbons (Fsp3) is 0.231. The Kier molecular flexibility index (Phi) is 3.72. The Morgan fingerprint density at radius 3 is 2.44 bits per heavy atom. The molecule has 0 saturated heterocycles. The van der Waals surface area contributed by atoms with Crippen molar-refractivity contribution in [3.63, 3.8) is 0 Å². The van der Waals surface area contributed by atoms with Gasteiger partial charge in [0.25, 0.3) is 0 Å². The molecule has 94 valence electrons. The van der Waals surface area contributed by atoms with Crippen LogP contribution in [0.15, 0.2) is 34.3 Å². The van der Waals surface area contributed by atoms with Gasteiger partial charge < -0.3 is 10.5 Å². The van der Waals surface area contributed by atoms with Gasteiger partial charge in [-0.2, -0.15) is 0 Å². The van der Waals surface area contributed by atoms with Crippen molar-refractivity contribution in [2.75, 3.05) is 12.8 Å². The summed E-state index contributed by atoms with van der Waals surface area (Å²) in [5.41, 5.74) is 8.54. The van der Waals surface area contributed by atoms with E-state index in [1.54, 1.807) is 7.11 Å². The molecule has 1 heterocycles. The molecule has 0 amide bonds. The maximum absolute atomic E-state index is 6.02. The van der Waals surface area contributed by atoms with Crippen LogP contribution in [0.1, 0.15) is 11.4 Å². The van der Waals surface area contributed by atoms with Gasteiger partial charge in [-0.1, -0.05) is 6.07 Å². The molecule has 2 aromatic rings. The smallest absolute Gasteiger partial charge is 0.192 e. The van der Waals surface area contributed by atoms with E-state index in [1.807, 2.05) is 38.1 Å². The highest BCUT2D eigenvalue weighted by atomic mass is 32.2. The number of hydrogen-bond acceptors (Lipinski definition) is 5. The van der Waals surface area contributed by atoms with Crippen LogP contribution in [0.3, 0.4) is 0 Å². The van der Waals surface area contributed by atoms with Crippen LogP contribution in [-0.4, -0.2) is 17.1 Å². The van der Waals surface area contributed by atoms with Crippen molar-refractivity contribution >= 4 is 17.4 Å². The Morgan fingerprint density at radius 2 is 1.83 bits per heavy atom. The minimum atomic E-state index is 0.618. The van der Waals surface area contributed by atoms with E-state index in [2.05, 4.69) is 9.97 Å². The predicted molar refractivity (Wildman–Crippen MR) is 73.0 cm³/mol. The third-order valence-electron chi connectivity index (χ3n) is 2.41. The van der Waals surface area contributed by atoms with Crippen LogP contribution in [-0.2, 0) is 0 Å². The molecule has 0 aliphatic rings. The first-order chi connectivity index (χ1) is 8.60. The van der Waals surface area contributed by atoms with Crippen LogP contribution in [0.25, 0.3) is 0 Å². The van der Waals surface area contributed by atoms with E-state index >= 15 is 0 Å². The average molecular weight is 261 g/mol. The van der Waals surface area contributed by atoms with Gasteiger partial charge in [0.05, 0.1) is 12.8 Å². The summed E-state index contributed by atoms with van der Waals surface area (Å²) in [6.07, 6.45) is 0. The Morgan fingerprint density at radius 1 is 1.17 bits per heavy atom. The van der Waals surface area contributed by atoms with Crippen molar-refractivity contribution < 1.29 is 4.74 Å². The van der Waals surface area contributed by atoms with Crippen molar-refractivity contribution in [3.8, 4) is 5.75 Å². The van der Waals surface area contributed by atoms with E-state index < -0.39 is 0 Å². The average Bonchev–Trinajstić information content (AvgIpc) is 2.30. The van der Waals surface area contributed by atoms with Gasteiger partial charge in [-0.25, -0.2) is 9.97 Å². The molecule has 0 spiro atoms. The van der Waals surface area contributed by atoms with Gasteiger partial charge in [0, 0.05) is 16.3 Å². The van der Waals surface area contributed by atoms with E-state index in [1.165, 1.54) is 11.8 Å². The van der Waals surface area contributed by atoms with Crippen LogP contribution in [0.4, 0.5) is 5.69 Å². The van der Waals surface area contributed by atoms with Gasteiger partial charge in [-0.3, -0.25) is 0 Å². The van der Waals surface area contributed by atoms with Crippen molar-refractivity contribution in [1.82, 2.24) is 9.97 Å². The van der Waals surface area contributed by atoms with Crippen LogP contribution < -0.4 is 10.5 Å². The number of nitrogens with two attached hydrogens (primary N) is 1. The second-order valence-corrected chi connectivity index (χ2v) is 4.92. The van der Waals surface area contributed by atoms with E-state index in [0.717, 1.165) is 16.3 Å². The maximum Gasteiger partial charge on any atom is 0.192 e. The van der Waals surface area contributed by atoms with E-state index in [0.29, 0.717) is 16.6 Å². The Balaban J connectivity index is 2.34. The molecule has 2 rings (SSSR count). The number of benzene rings is 1. The lowest BCUT2D eigenvalue weighted by Gasteiger charge is -2.09. The molecule has 18 heavy (non-hydrogen) atoms. The molecule has 0 atom stereocenters. The largest absolute Gasteiger partial charge is 0.495 e. The van der Waals surface area contributed by atoms with Gasteiger partial charge in [0.1, 0.15) is 5.75 Å². The van der Waals surface area contributed by atoms with Crippen molar-refractivity contribution in [3.05, 3.63) is 35.7 Å². The number of methoxy groups -OCH3 is 1. The Labute approximate surface area is 111 Å². The molecule has 5 heteroatoms. The summed E-state index contributed by atoms with van der Waals surface area (Å²) < 4.78 is 5.19. The summed E-state index contributed by atoms with van der Waals surface area (Å²) in [4.78, 5) is 9.66. The summed E-state index contributed by atoms with van der Waals surface area (Å²) in [5, 5.41) is 0.701. The summed E-state index contributed by atoms with van der Waals surface area (Å²) in [7, 11) is 1.60. The number of ether oxygens (including phenoxy) is 1. The Bertz CT molecular complexity index is 552. The first kappa shape index (κ1) is 12.7. The number of rotatable bonds is 3. The highest BCUT2D eigenvalue weighted by Crippen LogP contribution is 2.35. The number of para-hydroxylation sites is 1. The molecule has 0 bridgehead atoms. The zero-order valence-electron chi connectivity index (χ0n) is 10.6. The minimum absolute atomic E-state index is 0.618. The van der Waals surface area contributed by atoms with Gasteiger partial charge >= 0.3 is 0 Å². The van der Waals surface area contributed by atoms with Crippen LogP contribution in [0.2, 0.25) is 0 Å². The zero-order valence-corrected chi connectivity index (χ0v) is 11.4. The normalized spacial score (nSPS) is 10.4. The molecule has 4 nitrogen and oxygen atoms in total. The molecule has 0 fully saturated rings. The number of aromatic nitrogens is 2. The molecule has 0 saturated carbocycles. The van der Waals surface area contributed by atoms with Crippen molar-refractivity contribution in [2.24, 2.45) is 0 Å². The third kappa shape index (κ3) is 2.73. The minimum Gasteiger partial charge on any atom is -0.495 e. The standard InChI is InChI=1S/C13H15N3OS/c1-8-7-9(2)16-13(15-8)18-11-6-4-5-10(17-3)12(11)14/h4-7H,14H2,1-3H3. The second-order valence-electron chi connectivity index (χ2n) is 3.91. The monoisotopic (exact) mass is 261 g/mol. The number of anilines is 1. The first-order valence-corrected chi connectivity index (χ1v) is 6.34. The Hall–Kier alpha value is -1.75. The molecule has 2 N–H and O–H groups in total. The lowest BCUT2D eigenvalue weighted by Crippen LogP contribution is -1.96. The molecule has 1 aromatic heterocycles. The van der Waals surface area contributed by atoms with Crippen LogP contribution in [0.5, 0.6) is 5.75 Å². The quantitative estimate of drug-likeness (QED) is 0.680. The van der Waals surface area contributed by atoms with Crippen LogP contribution in [0, 0.1) is 13.8 Å². The van der Waals surface area contributed by atoms with Gasteiger partial charge in [0.15, 0.2) is 5.16 Å². The van der Waals surface area contributed by atoms with E-state index in [9.17, 15) is 0 Å². The second kappa shape index (κ2) is 5.27. The number of aryl methyl sites for hydroxylation is 2. The van der Waals surface area contributed by atoms with E-state index in [4.69, 9.17) is 10.5 Å². The molecule has 0 unspecified atom stereocenters. The maximum atomic E-state index is 6.02. The molecule has 0 aliphatic heterocycles. The predicted octanol–water partition coefficient (Wildman–Crippen LogP) is 2.84. The lowest BCUT2D eigenvalue weighted by molar-refractivity contribution is 0.416. The number of hydrogen-bond donors (Lipinski definition) is 1. The molecular formula is C13H15N3OS. The summed E-state index contributed by atoms with van der Waals surface area (Å²) in [6, 6.07) is 7.62. The zero-order chi connectivity index (χ0) is 13.1. The topological polar surface area (TPSA) is 61.0 Å². The first-order valence-electron chi connectivity index (χ1n) is 5.53. The molecule has 1 aromatic carbocycles. The van der Waals surface area contributed by atoms with Crippen molar-refractivity contribution in [1.29, 1.82) is 0 Å². The van der Waals surface area contributed by atoms with Crippen LogP contribution >= 0.6 is 11.8 Å². The highest BCUT2D eigenvalue weighted by molar-refractivity contribution is 7.99. The third-order valence-corrected chi connectivity index (χ3v) is 3.35. The SMILES string of the molecule is COc1cccc(Sc2nc(C)cc(C)n2)c1N. The fourth-order valence-corrected chi connectivity index (χ4v) is 2.56. The summed E-state index contributed by atoms with van der Waals surface area (Å²) >= 11 is 1.44. The molecule has 0 radical (unpaired) electrons. The highest BCUT2D eigenvalue weighted by Gasteiger charge is 2.09. The van der Waals surface area contributed by atoms with Gasteiger partial charge in [0.2, 0.25) is 0 Å². The summed E-state index contributed by atoms with van der Waals surface area (Å²) in [6.45, 7) is 3.90.